The molecule has 0 spiro atoms. The van der Waals surface area contributed by atoms with Gasteiger partial charge in [0.25, 0.3) is 0 Å². The molecule has 1 aromatic carbocycles. The van der Waals surface area contributed by atoms with Crippen LogP contribution in [0.4, 0.5) is 0 Å². The highest BCUT2D eigenvalue weighted by atomic mass is 16.5. The van der Waals surface area contributed by atoms with Crippen molar-refractivity contribution in [2.45, 2.75) is 25.5 Å². The second-order valence-electron chi connectivity index (χ2n) is 5.08. The first-order chi connectivity index (χ1) is 8.70. The third-order valence-electron chi connectivity index (χ3n) is 3.66. The Bertz CT molecular complexity index is 383. The van der Waals surface area contributed by atoms with Gasteiger partial charge in [0, 0.05) is 13.1 Å². The number of hydrogen-bond acceptors (Lipinski definition) is 4. The van der Waals surface area contributed by atoms with E-state index in [2.05, 4.69) is 48.6 Å². The summed E-state index contributed by atoms with van der Waals surface area (Å²) in [5.74, 6) is 5.70. The van der Waals surface area contributed by atoms with Crippen LogP contribution in [0.2, 0.25) is 0 Å². The number of rotatable bonds is 4. The molecular formula is C14H23N3O. The summed E-state index contributed by atoms with van der Waals surface area (Å²) in [6.45, 7) is 4.85. The van der Waals surface area contributed by atoms with Crippen molar-refractivity contribution in [3.05, 3.63) is 35.4 Å². The van der Waals surface area contributed by atoms with Crippen LogP contribution in [-0.4, -0.2) is 43.8 Å². The first-order valence-electron chi connectivity index (χ1n) is 6.51. The van der Waals surface area contributed by atoms with Gasteiger partial charge < -0.3 is 9.64 Å². The molecule has 2 unspecified atom stereocenters. The Morgan fingerprint density at radius 2 is 2.28 bits per heavy atom. The van der Waals surface area contributed by atoms with E-state index in [-0.39, 0.29) is 12.1 Å². The summed E-state index contributed by atoms with van der Waals surface area (Å²) in [4.78, 5) is 2.29. The lowest BCUT2D eigenvalue weighted by molar-refractivity contribution is -0.0384. The Kier molecular flexibility index (Phi) is 4.72. The van der Waals surface area contributed by atoms with Gasteiger partial charge in [-0.1, -0.05) is 24.3 Å². The molecule has 0 radical (unpaired) electrons. The largest absolute Gasteiger partial charge is 0.374 e. The summed E-state index contributed by atoms with van der Waals surface area (Å²) in [7, 11) is 2.12. The normalized spacial score (nSPS) is 22.9. The van der Waals surface area contributed by atoms with E-state index in [4.69, 9.17) is 10.6 Å². The van der Waals surface area contributed by atoms with Crippen LogP contribution in [0.3, 0.4) is 0 Å². The maximum atomic E-state index is 5.83. The SMILES string of the molecule is Cc1ccccc1CC(NN)C1CN(C)CCO1. The number of nitrogens with zero attached hydrogens (tertiary/aromatic N) is 1. The Morgan fingerprint density at radius 3 is 2.94 bits per heavy atom. The van der Waals surface area contributed by atoms with E-state index in [1.807, 2.05) is 0 Å². The molecule has 1 saturated heterocycles. The molecule has 0 aromatic heterocycles. The summed E-state index contributed by atoms with van der Waals surface area (Å²) in [6.07, 6.45) is 1.06. The van der Waals surface area contributed by atoms with Crippen LogP contribution in [0, 0.1) is 6.92 Å². The molecule has 18 heavy (non-hydrogen) atoms. The number of hydrazine groups is 1. The van der Waals surface area contributed by atoms with Crippen molar-refractivity contribution in [3.63, 3.8) is 0 Å². The highest BCUT2D eigenvalue weighted by molar-refractivity contribution is 5.26. The van der Waals surface area contributed by atoms with Crippen LogP contribution >= 0.6 is 0 Å². The van der Waals surface area contributed by atoms with Crippen molar-refractivity contribution in [1.29, 1.82) is 0 Å². The fourth-order valence-electron chi connectivity index (χ4n) is 2.43. The van der Waals surface area contributed by atoms with Gasteiger partial charge in [-0.25, -0.2) is 0 Å². The number of nitrogens with two attached hydrogens (primary N) is 1. The summed E-state index contributed by atoms with van der Waals surface area (Å²) < 4.78 is 5.83. The molecule has 2 rings (SSSR count). The Hall–Kier alpha value is -0.940. The van der Waals surface area contributed by atoms with Crippen molar-refractivity contribution >= 4 is 0 Å². The van der Waals surface area contributed by atoms with Crippen LogP contribution in [0.1, 0.15) is 11.1 Å². The molecule has 1 fully saturated rings. The second kappa shape index (κ2) is 6.29. The lowest BCUT2D eigenvalue weighted by Crippen LogP contribution is -2.54. The van der Waals surface area contributed by atoms with Crippen molar-refractivity contribution < 1.29 is 4.74 Å². The highest BCUT2D eigenvalue weighted by Crippen LogP contribution is 2.15. The van der Waals surface area contributed by atoms with E-state index in [1.54, 1.807) is 0 Å². The molecule has 0 amide bonds. The monoisotopic (exact) mass is 249 g/mol. The van der Waals surface area contributed by atoms with Crippen molar-refractivity contribution in [3.8, 4) is 0 Å². The topological polar surface area (TPSA) is 50.5 Å². The van der Waals surface area contributed by atoms with Crippen LogP contribution in [0.25, 0.3) is 0 Å². The van der Waals surface area contributed by atoms with E-state index in [0.717, 1.165) is 26.1 Å². The van der Waals surface area contributed by atoms with Gasteiger partial charge in [-0.3, -0.25) is 11.3 Å². The minimum Gasteiger partial charge on any atom is -0.374 e. The smallest absolute Gasteiger partial charge is 0.0871 e. The molecule has 4 heteroatoms. The maximum Gasteiger partial charge on any atom is 0.0871 e. The quantitative estimate of drug-likeness (QED) is 0.609. The molecule has 1 aromatic rings. The zero-order valence-corrected chi connectivity index (χ0v) is 11.2. The summed E-state index contributed by atoms with van der Waals surface area (Å²) in [6, 6.07) is 8.59. The fraction of sp³-hybridized carbons (Fsp3) is 0.571. The van der Waals surface area contributed by atoms with Crippen molar-refractivity contribution in [1.82, 2.24) is 10.3 Å². The zero-order chi connectivity index (χ0) is 13.0. The molecule has 4 nitrogen and oxygen atoms in total. The average molecular weight is 249 g/mol. The Balaban J connectivity index is 2.03. The first kappa shape index (κ1) is 13.5. The standard InChI is InChI=1S/C14H23N3O/c1-11-5-3-4-6-12(11)9-13(16-15)14-10-17(2)7-8-18-14/h3-6,13-14,16H,7-10,15H2,1-2H3. The molecule has 1 aliphatic rings. The maximum absolute atomic E-state index is 5.83. The molecule has 2 atom stereocenters. The average Bonchev–Trinajstić information content (AvgIpc) is 2.38. The fourth-order valence-corrected chi connectivity index (χ4v) is 2.43. The predicted molar refractivity (Wildman–Crippen MR) is 73.2 cm³/mol. The zero-order valence-electron chi connectivity index (χ0n) is 11.2. The lowest BCUT2D eigenvalue weighted by atomic mass is 9.97. The third-order valence-corrected chi connectivity index (χ3v) is 3.66. The summed E-state index contributed by atoms with van der Waals surface area (Å²) >= 11 is 0. The van der Waals surface area contributed by atoms with E-state index >= 15 is 0 Å². The number of ether oxygens (including phenoxy) is 1. The number of benzene rings is 1. The minimum atomic E-state index is 0.161. The van der Waals surface area contributed by atoms with Gasteiger partial charge in [0.1, 0.15) is 0 Å². The van der Waals surface area contributed by atoms with Crippen LogP contribution in [0.5, 0.6) is 0 Å². The van der Waals surface area contributed by atoms with Crippen molar-refractivity contribution in [2.24, 2.45) is 5.84 Å². The molecule has 1 heterocycles. The lowest BCUT2D eigenvalue weighted by Gasteiger charge is -2.35. The van der Waals surface area contributed by atoms with E-state index in [9.17, 15) is 0 Å². The first-order valence-corrected chi connectivity index (χ1v) is 6.51. The predicted octanol–water partition coefficient (Wildman–Crippen LogP) is 0.700. The molecule has 0 aliphatic carbocycles. The van der Waals surface area contributed by atoms with E-state index < -0.39 is 0 Å². The minimum absolute atomic E-state index is 0.161. The third kappa shape index (κ3) is 3.29. The van der Waals surface area contributed by atoms with Crippen molar-refractivity contribution in [2.75, 3.05) is 26.7 Å². The van der Waals surface area contributed by atoms with E-state index in [1.165, 1.54) is 11.1 Å². The highest BCUT2D eigenvalue weighted by Gasteiger charge is 2.26. The van der Waals surface area contributed by atoms with E-state index in [0.29, 0.717) is 0 Å². The molecule has 1 aliphatic heterocycles. The van der Waals surface area contributed by atoms with Crippen LogP contribution in [-0.2, 0) is 11.2 Å². The number of nitrogens with one attached hydrogen (secondary N) is 1. The molecular weight excluding hydrogens is 226 g/mol. The number of aryl methyl sites for hydroxylation is 1. The van der Waals surface area contributed by atoms with Crippen LogP contribution < -0.4 is 11.3 Å². The van der Waals surface area contributed by atoms with Gasteiger partial charge in [0.2, 0.25) is 0 Å². The Labute approximate surface area is 109 Å². The van der Waals surface area contributed by atoms with Gasteiger partial charge in [-0.15, -0.1) is 0 Å². The van der Waals surface area contributed by atoms with Gasteiger partial charge in [-0.05, 0) is 31.5 Å². The summed E-state index contributed by atoms with van der Waals surface area (Å²) in [5, 5.41) is 0. The van der Waals surface area contributed by atoms with Gasteiger partial charge in [0.15, 0.2) is 0 Å². The second-order valence-corrected chi connectivity index (χ2v) is 5.08. The Morgan fingerprint density at radius 1 is 1.50 bits per heavy atom. The van der Waals surface area contributed by atoms with Gasteiger partial charge >= 0.3 is 0 Å². The number of hydrogen-bond donors (Lipinski definition) is 2. The van der Waals surface area contributed by atoms with Crippen LogP contribution in [0.15, 0.2) is 24.3 Å². The molecule has 0 bridgehead atoms. The number of likely N-dealkylation sites (N-methyl/N-ethyl adjacent to an activating group) is 1. The number of morpholine rings is 1. The van der Waals surface area contributed by atoms with Gasteiger partial charge in [-0.2, -0.15) is 0 Å². The summed E-state index contributed by atoms with van der Waals surface area (Å²) in [5.41, 5.74) is 5.55. The molecule has 0 saturated carbocycles. The molecule has 3 N–H and O–H groups in total. The van der Waals surface area contributed by atoms with Gasteiger partial charge in [0.05, 0.1) is 18.8 Å². The molecule has 100 valence electrons.